The van der Waals surface area contributed by atoms with Gasteiger partial charge in [0.05, 0.1) is 5.57 Å². The number of ether oxygens (including phenoxy) is 1. The zero-order valence-electron chi connectivity index (χ0n) is 13.8. The number of amides is 1. The Morgan fingerprint density at radius 3 is 2.84 bits per heavy atom. The van der Waals surface area contributed by atoms with Gasteiger partial charge >= 0.3 is 5.97 Å². The first-order valence-corrected chi connectivity index (χ1v) is 8.73. The third-order valence-corrected chi connectivity index (χ3v) is 5.57. The van der Waals surface area contributed by atoms with Crippen LogP contribution in [0.1, 0.15) is 37.7 Å². The van der Waals surface area contributed by atoms with E-state index in [0.717, 1.165) is 25.7 Å². The van der Waals surface area contributed by atoms with E-state index in [9.17, 15) is 19.1 Å². The smallest absolute Gasteiger partial charge is 0.326 e. The number of carboxylic acid groups (broad SMARTS) is 1. The first kappa shape index (κ1) is 16.1. The number of halogens is 1. The van der Waals surface area contributed by atoms with Gasteiger partial charge in [-0.05, 0) is 49.5 Å². The fourth-order valence-corrected chi connectivity index (χ4v) is 4.41. The highest BCUT2D eigenvalue weighted by molar-refractivity contribution is 6.01. The van der Waals surface area contributed by atoms with Crippen molar-refractivity contribution in [3.05, 3.63) is 35.2 Å². The summed E-state index contributed by atoms with van der Waals surface area (Å²) in [5.74, 6) is -0.856. The molecule has 3 unspecified atom stereocenters. The lowest BCUT2D eigenvalue weighted by molar-refractivity contribution is -0.148. The van der Waals surface area contributed by atoms with Crippen molar-refractivity contribution in [2.75, 3.05) is 6.61 Å². The Bertz CT molecular complexity index is 760. The standard InChI is InChI=1S/C19H20FNO4/c20-14-5-6-17-12(8-14)7-13(10-25-17)18(22)21-15-4-2-1-3-11(15)9-16(21)19(23)24/h5-8,11,15-16H,1-4,9-10H2,(H,23,24). The van der Waals surface area contributed by atoms with E-state index in [2.05, 4.69) is 0 Å². The number of fused-ring (bicyclic) bond motifs is 2. The molecule has 2 fully saturated rings. The third-order valence-electron chi connectivity index (χ3n) is 5.57. The van der Waals surface area contributed by atoms with Crippen molar-refractivity contribution in [1.82, 2.24) is 4.90 Å². The van der Waals surface area contributed by atoms with Gasteiger partial charge in [-0.15, -0.1) is 0 Å². The summed E-state index contributed by atoms with van der Waals surface area (Å²) in [6, 6.07) is 3.37. The number of nitrogens with zero attached hydrogens (tertiary/aromatic N) is 1. The summed E-state index contributed by atoms with van der Waals surface area (Å²) in [5, 5.41) is 9.58. The van der Waals surface area contributed by atoms with Gasteiger partial charge in [-0.1, -0.05) is 12.8 Å². The van der Waals surface area contributed by atoms with Crippen LogP contribution in [0.3, 0.4) is 0 Å². The van der Waals surface area contributed by atoms with Gasteiger partial charge in [0.25, 0.3) is 5.91 Å². The van der Waals surface area contributed by atoms with E-state index in [0.29, 0.717) is 23.3 Å². The van der Waals surface area contributed by atoms with E-state index in [1.54, 1.807) is 11.0 Å². The van der Waals surface area contributed by atoms with E-state index in [1.807, 2.05) is 0 Å². The molecule has 2 heterocycles. The van der Waals surface area contributed by atoms with E-state index in [4.69, 9.17) is 4.74 Å². The van der Waals surface area contributed by atoms with E-state index < -0.39 is 17.8 Å². The molecule has 5 nitrogen and oxygen atoms in total. The summed E-state index contributed by atoms with van der Waals surface area (Å²) >= 11 is 0. The van der Waals surface area contributed by atoms with Crippen LogP contribution in [-0.4, -0.2) is 40.6 Å². The predicted molar refractivity (Wildman–Crippen MR) is 88.5 cm³/mol. The van der Waals surface area contributed by atoms with E-state index in [-0.39, 0.29) is 24.5 Å². The Labute approximate surface area is 145 Å². The van der Waals surface area contributed by atoms with Crippen LogP contribution in [0.25, 0.3) is 6.08 Å². The Morgan fingerprint density at radius 2 is 2.04 bits per heavy atom. The maximum Gasteiger partial charge on any atom is 0.326 e. The van der Waals surface area contributed by atoms with Crippen molar-refractivity contribution in [3.63, 3.8) is 0 Å². The number of likely N-dealkylation sites (tertiary alicyclic amines) is 1. The van der Waals surface area contributed by atoms with Gasteiger partial charge in [-0.25, -0.2) is 9.18 Å². The van der Waals surface area contributed by atoms with Gasteiger partial charge in [0.15, 0.2) is 0 Å². The van der Waals surface area contributed by atoms with Gasteiger partial charge in [0.2, 0.25) is 0 Å². The Balaban J connectivity index is 1.66. The second kappa shape index (κ2) is 6.17. The fraction of sp³-hybridized carbons (Fsp3) is 0.474. The van der Waals surface area contributed by atoms with Crippen molar-refractivity contribution in [2.45, 2.75) is 44.2 Å². The molecule has 1 N–H and O–H groups in total. The first-order chi connectivity index (χ1) is 12.0. The van der Waals surface area contributed by atoms with Gasteiger partial charge in [-0.3, -0.25) is 4.79 Å². The van der Waals surface area contributed by atoms with Crippen molar-refractivity contribution in [2.24, 2.45) is 5.92 Å². The Kier molecular flexibility index (Phi) is 3.98. The maximum absolute atomic E-state index is 13.5. The molecule has 2 aliphatic heterocycles. The lowest BCUT2D eigenvalue weighted by Gasteiger charge is -2.34. The highest BCUT2D eigenvalue weighted by atomic mass is 19.1. The van der Waals surface area contributed by atoms with Gasteiger partial charge < -0.3 is 14.7 Å². The molecule has 6 heteroatoms. The molecule has 1 aromatic carbocycles. The second-order valence-corrected chi connectivity index (χ2v) is 7.05. The van der Waals surface area contributed by atoms with Crippen LogP contribution in [0.2, 0.25) is 0 Å². The number of hydrogen-bond donors (Lipinski definition) is 1. The number of carbonyl (C=O) groups excluding carboxylic acids is 1. The number of benzene rings is 1. The lowest BCUT2D eigenvalue weighted by Crippen LogP contribution is -2.47. The highest BCUT2D eigenvalue weighted by Gasteiger charge is 2.48. The van der Waals surface area contributed by atoms with Crippen molar-refractivity contribution >= 4 is 18.0 Å². The second-order valence-electron chi connectivity index (χ2n) is 7.05. The molecule has 1 aliphatic carbocycles. The number of aliphatic carboxylic acids is 1. The summed E-state index contributed by atoms with van der Waals surface area (Å²) in [6.07, 6.45) is 6.07. The minimum Gasteiger partial charge on any atom is -0.488 e. The van der Waals surface area contributed by atoms with Crippen LogP contribution in [0.15, 0.2) is 23.8 Å². The van der Waals surface area contributed by atoms with Crippen molar-refractivity contribution < 1.29 is 23.8 Å². The van der Waals surface area contributed by atoms with Crippen LogP contribution in [0, 0.1) is 11.7 Å². The van der Waals surface area contributed by atoms with Crippen LogP contribution in [0.4, 0.5) is 4.39 Å². The van der Waals surface area contributed by atoms with Gasteiger partial charge in [-0.2, -0.15) is 0 Å². The molecule has 1 saturated heterocycles. The molecule has 1 saturated carbocycles. The summed E-state index contributed by atoms with van der Waals surface area (Å²) in [6.45, 7) is 0.0810. The quantitative estimate of drug-likeness (QED) is 0.895. The minimum atomic E-state index is -0.952. The molecule has 0 aromatic heterocycles. The average Bonchev–Trinajstić information content (AvgIpc) is 3.00. The molecule has 25 heavy (non-hydrogen) atoms. The molecular formula is C19H20FNO4. The molecule has 1 aromatic rings. The molecular weight excluding hydrogens is 325 g/mol. The number of carboxylic acids is 1. The topological polar surface area (TPSA) is 66.8 Å². The third kappa shape index (κ3) is 2.79. The molecule has 4 rings (SSSR count). The van der Waals surface area contributed by atoms with Crippen LogP contribution in [-0.2, 0) is 9.59 Å². The maximum atomic E-state index is 13.5. The lowest BCUT2D eigenvalue weighted by atomic mass is 9.84. The summed E-state index contributed by atoms with van der Waals surface area (Å²) in [7, 11) is 0. The molecule has 3 atom stereocenters. The van der Waals surface area contributed by atoms with Crippen LogP contribution >= 0.6 is 0 Å². The Morgan fingerprint density at radius 1 is 1.24 bits per heavy atom. The molecule has 132 valence electrons. The van der Waals surface area contributed by atoms with Crippen LogP contribution in [0.5, 0.6) is 5.75 Å². The summed E-state index contributed by atoms with van der Waals surface area (Å²) in [4.78, 5) is 26.3. The normalized spacial score (nSPS) is 27.8. The fourth-order valence-electron chi connectivity index (χ4n) is 4.41. The number of hydrogen-bond acceptors (Lipinski definition) is 3. The number of carbonyl (C=O) groups is 2. The molecule has 0 radical (unpaired) electrons. The SMILES string of the molecule is O=C(O)C1CC2CCCCC2N1C(=O)C1=Cc2cc(F)ccc2OC1. The molecule has 0 bridgehead atoms. The average molecular weight is 345 g/mol. The van der Waals surface area contributed by atoms with Crippen LogP contribution < -0.4 is 4.74 Å². The summed E-state index contributed by atoms with van der Waals surface area (Å²) in [5.41, 5.74) is 0.899. The predicted octanol–water partition coefficient (Wildman–Crippen LogP) is 2.85. The zero-order chi connectivity index (χ0) is 17.6. The van der Waals surface area contributed by atoms with Gasteiger partial charge in [0.1, 0.15) is 24.2 Å². The Hall–Kier alpha value is -2.37. The monoisotopic (exact) mass is 345 g/mol. The van der Waals surface area contributed by atoms with E-state index >= 15 is 0 Å². The molecule has 3 aliphatic rings. The number of rotatable bonds is 2. The van der Waals surface area contributed by atoms with Crippen molar-refractivity contribution in [3.8, 4) is 5.75 Å². The summed E-state index contributed by atoms with van der Waals surface area (Å²) < 4.78 is 19.0. The minimum absolute atomic E-state index is 0.0165. The van der Waals surface area contributed by atoms with Crippen molar-refractivity contribution in [1.29, 1.82) is 0 Å². The molecule has 1 amide bonds. The first-order valence-electron chi connectivity index (χ1n) is 8.73. The molecule has 0 spiro atoms. The van der Waals surface area contributed by atoms with E-state index in [1.165, 1.54) is 18.2 Å². The highest BCUT2D eigenvalue weighted by Crippen LogP contribution is 2.41. The largest absolute Gasteiger partial charge is 0.488 e. The van der Waals surface area contributed by atoms with Gasteiger partial charge in [0, 0.05) is 11.6 Å². The zero-order valence-corrected chi connectivity index (χ0v) is 13.8.